The van der Waals surface area contributed by atoms with Crippen LogP contribution in [0.15, 0.2) is 6.07 Å². The monoisotopic (exact) mass is 298 g/mol. The summed E-state index contributed by atoms with van der Waals surface area (Å²) in [6.07, 6.45) is 9.12. The van der Waals surface area contributed by atoms with E-state index in [9.17, 15) is 0 Å². The second kappa shape index (κ2) is 6.03. The minimum absolute atomic E-state index is 0.699. The molecule has 0 N–H and O–H groups in total. The van der Waals surface area contributed by atoms with Crippen molar-refractivity contribution >= 4 is 15.9 Å². The van der Waals surface area contributed by atoms with Gasteiger partial charge in [0.2, 0.25) is 0 Å². The van der Waals surface area contributed by atoms with E-state index in [1.54, 1.807) is 0 Å². The maximum Gasteiger partial charge on any atom is 0.0624 e. The minimum Gasteiger partial charge on any atom is -0.272 e. The number of alkyl halides is 1. The topological polar surface area (TPSA) is 17.8 Å². The van der Waals surface area contributed by atoms with Crippen LogP contribution in [0.1, 0.15) is 50.4 Å². The third-order valence-electron chi connectivity index (χ3n) is 3.98. The summed E-state index contributed by atoms with van der Waals surface area (Å²) in [6, 6.07) is 2.26. The highest BCUT2D eigenvalue weighted by atomic mass is 79.9. The van der Waals surface area contributed by atoms with Gasteiger partial charge in [-0.25, -0.2) is 0 Å². The normalized spacial score (nSPS) is 18.8. The second-order valence-electron chi connectivity index (χ2n) is 5.20. The van der Waals surface area contributed by atoms with E-state index in [2.05, 4.69) is 41.1 Å². The second-order valence-corrected chi connectivity index (χ2v) is 6.38. The first-order valence-electron chi connectivity index (χ1n) is 6.86. The molecule has 0 aromatic carbocycles. The summed E-state index contributed by atoms with van der Waals surface area (Å²) in [7, 11) is 2.06. The number of nitrogens with zero attached hydrogens (tertiary/aromatic N) is 2. The largest absolute Gasteiger partial charge is 0.272 e. The molecule has 1 aromatic rings. The van der Waals surface area contributed by atoms with Gasteiger partial charge in [-0.15, -0.1) is 0 Å². The van der Waals surface area contributed by atoms with Crippen molar-refractivity contribution in [1.82, 2.24) is 9.78 Å². The fourth-order valence-corrected chi connectivity index (χ4v) is 3.58. The Labute approximate surface area is 113 Å². The number of hydrogen-bond acceptors (Lipinski definition) is 1. The van der Waals surface area contributed by atoms with Crippen molar-refractivity contribution in [2.75, 3.05) is 0 Å². The zero-order chi connectivity index (χ0) is 12.3. The predicted octanol–water partition coefficient (Wildman–Crippen LogP) is 3.87. The van der Waals surface area contributed by atoms with Gasteiger partial charge in [-0.1, -0.05) is 35.7 Å². The van der Waals surface area contributed by atoms with E-state index in [-0.39, 0.29) is 0 Å². The van der Waals surface area contributed by atoms with Crippen LogP contribution < -0.4 is 0 Å². The first kappa shape index (κ1) is 13.1. The van der Waals surface area contributed by atoms with Crippen LogP contribution >= 0.6 is 15.9 Å². The molecule has 1 aromatic heterocycles. The van der Waals surface area contributed by atoms with Gasteiger partial charge in [0.15, 0.2) is 0 Å². The van der Waals surface area contributed by atoms with Crippen LogP contribution in [0.5, 0.6) is 0 Å². The predicted molar refractivity (Wildman–Crippen MR) is 75.6 cm³/mol. The third-order valence-corrected chi connectivity index (χ3v) is 5.18. The molecule has 1 aliphatic rings. The van der Waals surface area contributed by atoms with Crippen molar-refractivity contribution in [3.63, 3.8) is 0 Å². The molecule has 2 nitrogen and oxygen atoms in total. The van der Waals surface area contributed by atoms with Crippen LogP contribution in [-0.4, -0.2) is 14.6 Å². The number of rotatable bonds is 5. The molecule has 0 saturated heterocycles. The first-order valence-corrected chi connectivity index (χ1v) is 7.78. The molecule has 3 heteroatoms. The average Bonchev–Trinajstić information content (AvgIpc) is 2.95. The van der Waals surface area contributed by atoms with Crippen LogP contribution in [0, 0.1) is 5.92 Å². The number of aryl methyl sites for hydroxylation is 3. The summed E-state index contributed by atoms with van der Waals surface area (Å²) in [6.45, 7) is 2.16. The molecule has 2 rings (SSSR count). The molecule has 17 heavy (non-hydrogen) atoms. The minimum atomic E-state index is 0.699. The highest BCUT2D eigenvalue weighted by Crippen LogP contribution is 2.33. The number of halogens is 1. The highest BCUT2D eigenvalue weighted by molar-refractivity contribution is 9.09. The van der Waals surface area contributed by atoms with Crippen molar-refractivity contribution in [1.29, 1.82) is 0 Å². The molecule has 1 aliphatic carbocycles. The molecule has 1 heterocycles. The average molecular weight is 299 g/mol. The van der Waals surface area contributed by atoms with Gasteiger partial charge >= 0.3 is 0 Å². The lowest BCUT2D eigenvalue weighted by Gasteiger charge is -2.16. The molecule has 0 amide bonds. The smallest absolute Gasteiger partial charge is 0.0624 e. The van der Waals surface area contributed by atoms with Crippen LogP contribution in [0.25, 0.3) is 0 Å². The van der Waals surface area contributed by atoms with Gasteiger partial charge in [-0.2, -0.15) is 5.10 Å². The Morgan fingerprint density at radius 1 is 1.47 bits per heavy atom. The number of hydrogen-bond donors (Lipinski definition) is 0. The van der Waals surface area contributed by atoms with Gasteiger partial charge in [0.05, 0.1) is 5.69 Å². The van der Waals surface area contributed by atoms with E-state index in [1.807, 2.05) is 4.68 Å². The molecule has 0 aliphatic heterocycles. The van der Waals surface area contributed by atoms with Crippen molar-refractivity contribution in [2.24, 2.45) is 13.0 Å². The van der Waals surface area contributed by atoms with Crippen molar-refractivity contribution < 1.29 is 0 Å². The lowest BCUT2D eigenvalue weighted by Crippen LogP contribution is -2.12. The molecule has 96 valence electrons. The summed E-state index contributed by atoms with van der Waals surface area (Å²) >= 11 is 3.88. The lowest BCUT2D eigenvalue weighted by molar-refractivity contribution is 0.500. The fourth-order valence-electron chi connectivity index (χ4n) is 2.82. The van der Waals surface area contributed by atoms with Crippen LogP contribution in [0.4, 0.5) is 0 Å². The molecule has 0 spiro atoms. The van der Waals surface area contributed by atoms with Gasteiger partial charge in [-0.05, 0) is 44.1 Å². The molecular formula is C14H23BrN2. The standard InChI is InChI=1S/C14H23BrN2/c1-3-12-10-13(17(2)16-12)8-9-14(15)11-6-4-5-7-11/h10-11,14H,3-9H2,1-2H3. The molecule has 0 radical (unpaired) electrons. The molecule has 1 saturated carbocycles. The van der Waals surface area contributed by atoms with Crippen LogP contribution in [0.3, 0.4) is 0 Å². The highest BCUT2D eigenvalue weighted by Gasteiger charge is 2.22. The SMILES string of the molecule is CCc1cc(CCC(Br)C2CCCC2)n(C)n1. The Morgan fingerprint density at radius 3 is 2.76 bits per heavy atom. The van der Waals surface area contributed by atoms with E-state index in [4.69, 9.17) is 0 Å². The van der Waals surface area contributed by atoms with E-state index in [0.717, 1.165) is 18.8 Å². The Kier molecular flexibility index (Phi) is 4.66. The first-order chi connectivity index (χ1) is 8.20. The maximum absolute atomic E-state index is 4.51. The maximum atomic E-state index is 4.51. The molecule has 0 bridgehead atoms. The van der Waals surface area contributed by atoms with E-state index in [1.165, 1.54) is 43.5 Å². The summed E-state index contributed by atoms with van der Waals surface area (Å²) in [5, 5.41) is 4.51. The molecule has 1 unspecified atom stereocenters. The molecular weight excluding hydrogens is 276 g/mol. The number of aromatic nitrogens is 2. The molecule has 1 fully saturated rings. The van der Waals surface area contributed by atoms with E-state index in [0.29, 0.717) is 4.83 Å². The zero-order valence-electron chi connectivity index (χ0n) is 11.0. The summed E-state index contributed by atoms with van der Waals surface area (Å²) in [5.74, 6) is 0.911. The molecule has 1 atom stereocenters. The van der Waals surface area contributed by atoms with Gasteiger partial charge in [0.1, 0.15) is 0 Å². The lowest BCUT2D eigenvalue weighted by atomic mass is 9.99. The Bertz CT molecular complexity index is 353. The summed E-state index contributed by atoms with van der Waals surface area (Å²) < 4.78 is 2.05. The van der Waals surface area contributed by atoms with Crippen molar-refractivity contribution in [3.8, 4) is 0 Å². The van der Waals surface area contributed by atoms with Crippen LogP contribution in [-0.2, 0) is 19.9 Å². The van der Waals surface area contributed by atoms with E-state index < -0.39 is 0 Å². The van der Waals surface area contributed by atoms with E-state index >= 15 is 0 Å². The van der Waals surface area contributed by atoms with Crippen LogP contribution in [0.2, 0.25) is 0 Å². The van der Waals surface area contributed by atoms with Gasteiger partial charge in [0, 0.05) is 17.6 Å². The zero-order valence-corrected chi connectivity index (χ0v) is 12.5. The Hall–Kier alpha value is -0.310. The van der Waals surface area contributed by atoms with Crippen molar-refractivity contribution in [3.05, 3.63) is 17.5 Å². The summed E-state index contributed by atoms with van der Waals surface area (Å²) in [4.78, 5) is 0.699. The third kappa shape index (κ3) is 3.34. The van der Waals surface area contributed by atoms with Gasteiger partial charge in [-0.3, -0.25) is 4.68 Å². The summed E-state index contributed by atoms with van der Waals surface area (Å²) in [5.41, 5.74) is 2.60. The Morgan fingerprint density at radius 2 is 2.18 bits per heavy atom. The van der Waals surface area contributed by atoms with Crippen molar-refractivity contribution in [2.45, 2.75) is 56.7 Å². The Balaban J connectivity index is 1.85. The quantitative estimate of drug-likeness (QED) is 0.755. The van der Waals surface area contributed by atoms with Gasteiger partial charge in [0.25, 0.3) is 0 Å². The fraction of sp³-hybridized carbons (Fsp3) is 0.786. The van der Waals surface area contributed by atoms with Gasteiger partial charge < -0.3 is 0 Å².